The van der Waals surface area contributed by atoms with Gasteiger partial charge in [-0.2, -0.15) is 0 Å². The quantitative estimate of drug-likeness (QED) is 0.426. The second kappa shape index (κ2) is 10.7. The van der Waals surface area contributed by atoms with Crippen molar-refractivity contribution in [3.05, 3.63) is 47.8 Å². The van der Waals surface area contributed by atoms with Crippen molar-refractivity contribution in [1.29, 1.82) is 0 Å². The number of hydrogen-bond donors (Lipinski definition) is 0. The van der Waals surface area contributed by atoms with Crippen LogP contribution in [0.2, 0.25) is 0 Å². The summed E-state index contributed by atoms with van der Waals surface area (Å²) in [5.74, 6) is 1.95. The third-order valence-corrected chi connectivity index (χ3v) is 8.11. The van der Waals surface area contributed by atoms with Gasteiger partial charge in [-0.1, -0.05) is 36.0 Å². The summed E-state index contributed by atoms with van der Waals surface area (Å²) in [6, 6.07) is 13.6. The maximum absolute atomic E-state index is 12.8. The molecule has 184 valence electrons. The van der Waals surface area contributed by atoms with Crippen LogP contribution in [0.25, 0.3) is 10.7 Å². The summed E-state index contributed by atoms with van der Waals surface area (Å²) in [6.45, 7) is 2.09. The summed E-state index contributed by atoms with van der Waals surface area (Å²) in [4.78, 5) is 30.0. The molecule has 2 aromatic heterocycles. The molecule has 3 aromatic rings. The number of carbonyl (C=O) groups is 2. The van der Waals surface area contributed by atoms with Gasteiger partial charge in [0.1, 0.15) is 12.4 Å². The van der Waals surface area contributed by atoms with Gasteiger partial charge in [0.2, 0.25) is 5.91 Å². The van der Waals surface area contributed by atoms with E-state index in [1.165, 1.54) is 11.8 Å². The Kier molecular flexibility index (Phi) is 7.24. The first-order valence-electron chi connectivity index (χ1n) is 11.6. The molecule has 0 radical (unpaired) electrons. The number of para-hydroxylation sites is 1. The van der Waals surface area contributed by atoms with Gasteiger partial charge in [-0.25, -0.2) is 4.79 Å². The number of piperidine rings is 1. The molecule has 9 nitrogen and oxygen atoms in total. The van der Waals surface area contributed by atoms with Crippen LogP contribution in [-0.4, -0.2) is 80.7 Å². The lowest BCUT2D eigenvalue weighted by Gasteiger charge is -2.35. The zero-order chi connectivity index (χ0) is 24.2. The Morgan fingerprint density at radius 1 is 1.17 bits per heavy atom. The fourth-order valence-electron chi connectivity index (χ4n) is 4.34. The molecule has 5 rings (SSSR count). The number of benzene rings is 1. The number of carbonyl (C=O) groups excluding carboxylic acids is 2. The fourth-order valence-corrected chi connectivity index (χ4v) is 5.90. The minimum absolute atomic E-state index is 0.0762. The van der Waals surface area contributed by atoms with Crippen LogP contribution in [0, 0.1) is 0 Å². The van der Waals surface area contributed by atoms with Crippen LogP contribution in [0.15, 0.2) is 53.0 Å². The van der Waals surface area contributed by atoms with Gasteiger partial charge in [-0.05, 0) is 36.4 Å². The lowest BCUT2D eigenvalue weighted by molar-refractivity contribution is -0.129. The standard InChI is InChI=1S/C24H27N5O4S2/c1-27-22(20-8-5-13-34-20)25-26-23(27)35-16-21(30)28-11-9-17(10-12-28)29-14-19(33-24(29)31)15-32-18-6-3-2-4-7-18/h2-8,13,17,19H,9-12,14-16H2,1H3. The van der Waals surface area contributed by atoms with Crippen molar-refractivity contribution in [3.63, 3.8) is 0 Å². The van der Waals surface area contributed by atoms with Crippen molar-refractivity contribution < 1.29 is 19.1 Å². The van der Waals surface area contributed by atoms with Crippen LogP contribution >= 0.6 is 23.1 Å². The molecular weight excluding hydrogens is 486 g/mol. The Hall–Kier alpha value is -3.05. The first-order chi connectivity index (χ1) is 17.1. The number of thiophene rings is 1. The van der Waals surface area contributed by atoms with E-state index in [9.17, 15) is 9.59 Å². The fraction of sp³-hybridized carbons (Fsp3) is 0.417. The summed E-state index contributed by atoms with van der Waals surface area (Å²) >= 11 is 3.01. The highest BCUT2D eigenvalue weighted by Gasteiger charge is 2.38. The zero-order valence-electron chi connectivity index (χ0n) is 19.4. The molecule has 0 spiro atoms. The van der Waals surface area contributed by atoms with Gasteiger partial charge >= 0.3 is 6.09 Å². The van der Waals surface area contributed by atoms with Crippen LogP contribution in [0.4, 0.5) is 4.79 Å². The Bertz CT molecular complexity index is 1150. The molecule has 1 atom stereocenters. The highest BCUT2D eigenvalue weighted by molar-refractivity contribution is 7.99. The zero-order valence-corrected chi connectivity index (χ0v) is 21.0. The van der Waals surface area contributed by atoms with E-state index in [0.29, 0.717) is 32.0 Å². The molecule has 2 amide bonds. The molecule has 4 heterocycles. The van der Waals surface area contributed by atoms with E-state index in [0.717, 1.165) is 34.4 Å². The van der Waals surface area contributed by atoms with Gasteiger partial charge in [-0.15, -0.1) is 21.5 Å². The predicted molar refractivity (Wildman–Crippen MR) is 134 cm³/mol. The summed E-state index contributed by atoms with van der Waals surface area (Å²) in [5.41, 5.74) is 0. The lowest BCUT2D eigenvalue weighted by Crippen LogP contribution is -2.47. The number of rotatable bonds is 8. The summed E-state index contributed by atoms with van der Waals surface area (Å²) in [5, 5.41) is 11.2. The molecular formula is C24H27N5O4S2. The van der Waals surface area contributed by atoms with E-state index in [1.54, 1.807) is 16.2 Å². The number of nitrogens with zero attached hydrogens (tertiary/aromatic N) is 5. The second-order valence-corrected chi connectivity index (χ2v) is 10.4. The molecule has 1 aromatic carbocycles. The number of likely N-dealkylation sites (tertiary alicyclic amines) is 1. The first-order valence-corrected chi connectivity index (χ1v) is 13.4. The van der Waals surface area contributed by atoms with Crippen LogP contribution < -0.4 is 4.74 Å². The average Bonchev–Trinajstić information content (AvgIpc) is 3.62. The third-order valence-electron chi connectivity index (χ3n) is 6.24. The van der Waals surface area contributed by atoms with Gasteiger partial charge < -0.3 is 23.8 Å². The number of ether oxygens (including phenoxy) is 2. The van der Waals surface area contributed by atoms with Gasteiger partial charge in [0.25, 0.3) is 0 Å². The van der Waals surface area contributed by atoms with Crippen molar-refractivity contribution in [3.8, 4) is 16.5 Å². The third kappa shape index (κ3) is 5.46. The summed E-state index contributed by atoms with van der Waals surface area (Å²) in [7, 11) is 1.92. The van der Waals surface area contributed by atoms with Crippen molar-refractivity contribution >= 4 is 35.1 Å². The van der Waals surface area contributed by atoms with Gasteiger partial charge in [0, 0.05) is 26.2 Å². The Morgan fingerprint density at radius 3 is 2.71 bits per heavy atom. The highest BCUT2D eigenvalue weighted by Crippen LogP contribution is 2.27. The number of amides is 2. The van der Waals surface area contributed by atoms with E-state index in [-0.39, 0.29) is 24.1 Å². The number of cyclic esters (lactones) is 1. The molecule has 0 bridgehead atoms. The van der Waals surface area contributed by atoms with Crippen LogP contribution in [0.3, 0.4) is 0 Å². The minimum atomic E-state index is -0.296. The summed E-state index contributed by atoms with van der Waals surface area (Å²) < 4.78 is 13.2. The molecule has 0 saturated carbocycles. The van der Waals surface area contributed by atoms with Crippen LogP contribution in [0.1, 0.15) is 12.8 Å². The molecule has 35 heavy (non-hydrogen) atoms. The molecule has 2 aliphatic rings. The van der Waals surface area contributed by atoms with Crippen LogP contribution in [0.5, 0.6) is 5.75 Å². The smallest absolute Gasteiger partial charge is 0.410 e. The molecule has 2 aliphatic heterocycles. The van der Waals surface area contributed by atoms with Crippen LogP contribution in [-0.2, 0) is 16.6 Å². The van der Waals surface area contributed by atoms with Crippen molar-refractivity contribution in [2.75, 3.05) is 32.0 Å². The Balaban J connectivity index is 1.07. The first kappa shape index (κ1) is 23.7. The molecule has 11 heteroatoms. The molecule has 2 fully saturated rings. The maximum atomic E-state index is 12.8. The molecule has 1 unspecified atom stereocenters. The number of hydrogen-bond acceptors (Lipinski definition) is 8. The van der Waals surface area contributed by atoms with E-state index in [4.69, 9.17) is 9.47 Å². The monoisotopic (exact) mass is 513 g/mol. The Labute approximate surface area is 212 Å². The number of thioether (sulfide) groups is 1. The molecule has 0 N–H and O–H groups in total. The predicted octanol–water partition coefficient (Wildman–Crippen LogP) is 3.53. The maximum Gasteiger partial charge on any atom is 0.410 e. The van der Waals surface area contributed by atoms with E-state index < -0.39 is 0 Å². The average molecular weight is 514 g/mol. The molecule has 2 saturated heterocycles. The number of aromatic nitrogens is 3. The van der Waals surface area contributed by atoms with E-state index in [1.807, 2.05) is 64.4 Å². The topological polar surface area (TPSA) is 89.8 Å². The van der Waals surface area contributed by atoms with Gasteiger partial charge in [-0.3, -0.25) is 4.79 Å². The van der Waals surface area contributed by atoms with E-state index >= 15 is 0 Å². The minimum Gasteiger partial charge on any atom is -0.490 e. The highest BCUT2D eigenvalue weighted by atomic mass is 32.2. The lowest BCUT2D eigenvalue weighted by atomic mass is 10.0. The second-order valence-electron chi connectivity index (χ2n) is 8.53. The van der Waals surface area contributed by atoms with Crippen molar-refractivity contribution in [1.82, 2.24) is 24.6 Å². The van der Waals surface area contributed by atoms with Gasteiger partial charge in [0.05, 0.1) is 17.2 Å². The van der Waals surface area contributed by atoms with E-state index in [2.05, 4.69) is 10.2 Å². The normalized spacial score (nSPS) is 18.7. The molecule has 0 aliphatic carbocycles. The Morgan fingerprint density at radius 2 is 1.97 bits per heavy atom. The summed E-state index contributed by atoms with van der Waals surface area (Å²) in [6.07, 6.45) is 0.897. The van der Waals surface area contributed by atoms with Crippen molar-refractivity contribution in [2.24, 2.45) is 7.05 Å². The largest absolute Gasteiger partial charge is 0.490 e. The van der Waals surface area contributed by atoms with Crippen molar-refractivity contribution in [2.45, 2.75) is 30.1 Å². The van der Waals surface area contributed by atoms with Gasteiger partial charge in [0.15, 0.2) is 17.1 Å². The SMILES string of the molecule is Cn1c(SCC(=O)N2CCC(N3CC(COc4ccccc4)OC3=O)CC2)nnc1-c1cccs1.